The molecule has 0 saturated carbocycles. The van der Waals surface area contributed by atoms with Gasteiger partial charge < -0.3 is 67.9 Å². The summed E-state index contributed by atoms with van der Waals surface area (Å²) in [5.74, 6) is 0.350. The summed E-state index contributed by atoms with van der Waals surface area (Å²) in [6.07, 6.45) is 10.9. The third kappa shape index (κ3) is 24.8. The fraction of sp³-hybridized carbons (Fsp3) is 0.336. The monoisotopic (exact) mass is 1700 g/mol. The van der Waals surface area contributed by atoms with Gasteiger partial charge in [-0.2, -0.15) is 0 Å². The number of hydrogen-bond acceptors (Lipinski definition) is 12. The van der Waals surface area contributed by atoms with Crippen molar-refractivity contribution in [2.75, 3.05) is 98.2 Å². The summed E-state index contributed by atoms with van der Waals surface area (Å²) in [6, 6.07) is 97.1. The molecule has 0 bridgehead atoms. The summed E-state index contributed by atoms with van der Waals surface area (Å²) in [5, 5.41) is 29.1. The Bertz CT molecular complexity index is 5570. The highest BCUT2D eigenvalue weighted by Gasteiger charge is 2.37. The van der Waals surface area contributed by atoms with E-state index in [9.17, 15) is 28.8 Å². The Morgan fingerprint density at radius 2 is 0.685 bits per heavy atom. The van der Waals surface area contributed by atoms with Crippen LogP contribution in [-0.4, -0.2) is 200 Å². The molecule has 5 aliphatic heterocycles. The van der Waals surface area contributed by atoms with E-state index in [-0.39, 0.29) is 83.4 Å². The Labute approximate surface area is 747 Å². The number of guanidine groups is 1. The second-order valence-electron chi connectivity index (χ2n) is 34.6. The van der Waals surface area contributed by atoms with E-state index >= 15 is 0 Å². The molecule has 5 aliphatic rings. The van der Waals surface area contributed by atoms with Crippen molar-refractivity contribution < 1.29 is 28.8 Å². The largest absolute Gasteiger partial charge is 0.370 e. The first-order valence-corrected chi connectivity index (χ1v) is 45.9. The van der Waals surface area contributed by atoms with Gasteiger partial charge >= 0.3 is 0 Å². The Balaban J connectivity index is 0.000000147. The van der Waals surface area contributed by atoms with Gasteiger partial charge in [-0.1, -0.05) is 255 Å². The average Bonchev–Trinajstić information content (AvgIpc) is 1.77. The van der Waals surface area contributed by atoms with Crippen LogP contribution in [0.5, 0.6) is 0 Å². The molecule has 5 saturated heterocycles. The van der Waals surface area contributed by atoms with Gasteiger partial charge in [0.2, 0.25) is 17.7 Å². The van der Waals surface area contributed by atoms with E-state index in [2.05, 4.69) is 190 Å². The number of likely N-dealkylation sites (tertiary alicyclic amines) is 2. The molecule has 17 rings (SSSR count). The predicted octanol–water partition coefficient (Wildman–Crippen LogP) is 14.8. The Morgan fingerprint density at radius 1 is 0.354 bits per heavy atom. The molecule has 656 valence electrons. The molecule has 20 heteroatoms. The molecular formula is C107H122N14O6. The van der Waals surface area contributed by atoms with Crippen LogP contribution >= 0.6 is 0 Å². The first kappa shape index (κ1) is 89.4. The van der Waals surface area contributed by atoms with Crippen LogP contribution < -0.4 is 43.4 Å². The molecule has 5 heterocycles. The van der Waals surface area contributed by atoms with Crippen molar-refractivity contribution in [1.29, 1.82) is 0 Å². The van der Waals surface area contributed by atoms with Crippen LogP contribution in [0.15, 0.2) is 296 Å². The quantitative estimate of drug-likeness (QED) is 0.0114. The minimum Gasteiger partial charge on any atom is -0.370 e. The number of rotatable bonds is 31. The van der Waals surface area contributed by atoms with Crippen LogP contribution in [0, 0.1) is 0 Å². The van der Waals surface area contributed by atoms with E-state index in [1.807, 2.05) is 163 Å². The normalized spacial score (nSPS) is 18.8. The van der Waals surface area contributed by atoms with Crippen LogP contribution in [0.2, 0.25) is 0 Å². The second kappa shape index (κ2) is 45.1. The summed E-state index contributed by atoms with van der Waals surface area (Å²) in [4.78, 5) is 96.5. The third-order valence-electron chi connectivity index (χ3n) is 25.8. The van der Waals surface area contributed by atoms with Gasteiger partial charge in [-0.25, -0.2) is 0 Å². The zero-order chi connectivity index (χ0) is 87.5. The van der Waals surface area contributed by atoms with Gasteiger partial charge in [0.15, 0.2) is 5.96 Å². The first-order chi connectivity index (χ1) is 62.2. The number of carbonyl (C=O) groups excluding carboxylic acids is 6. The predicted molar refractivity (Wildman–Crippen MR) is 512 cm³/mol. The average molecular weight is 1700 g/mol. The minimum absolute atomic E-state index is 0.0112. The lowest BCUT2D eigenvalue weighted by molar-refractivity contribution is -0.134. The third-order valence-corrected chi connectivity index (χ3v) is 25.8. The number of nitrogens with zero attached hydrogens (tertiary/aromatic N) is 6. The highest BCUT2D eigenvalue weighted by molar-refractivity contribution is 6.01. The van der Waals surface area contributed by atoms with Crippen LogP contribution in [-0.2, 0) is 20.9 Å². The van der Waals surface area contributed by atoms with E-state index in [0.29, 0.717) is 95.0 Å². The summed E-state index contributed by atoms with van der Waals surface area (Å²) in [7, 11) is 0. The van der Waals surface area contributed by atoms with Gasteiger partial charge in [0.25, 0.3) is 17.7 Å². The molecule has 20 nitrogen and oxygen atoms in total. The maximum atomic E-state index is 14.2. The molecule has 6 atom stereocenters. The van der Waals surface area contributed by atoms with Gasteiger partial charge in [0, 0.05) is 112 Å². The molecule has 0 spiro atoms. The van der Waals surface area contributed by atoms with Crippen molar-refractivity contribution >= 4 is 84.5 Å². The maximum absolute atomic E-state index is 14.2. The van der Waals surface area contributed by atoms with Crippen LogP contribution in [0.1, 0.15) is 148 Å². The van der Waals surface area contributed by atoms with Crippen molar-refractivity contribution in [3.05, 3.63) is 336 Å². The van der Waals surface area contributed by atoms with Gasteiger partial charge in [-0.05, 0) is 224 Å². The lowest BCUT2D eigenvalue weighted by atomic mass is 9.90. The minimum atomic E-state index is -0.394. The molecule has 5 fully saturated rings. The van der Waals surface area contributed by atoms with Crippen molar-refractivity contribution in [2.24, 2.45) is 16.5 Å². The molecule has 12 aromatic carbocycles. The van der Waals surface area contributed by atoms with Crippen molar-refractivity contribution in [3.8, 4) is 0 Å². The molecule has 127 heavy (non-hydrogen) atoms. The number of hydrogen-bond donors (Lipinski definition) is 8. The summed E-state index contributed by atoms with van der Waals surface area (Å²) >= 11 is 0. The summed E-state index contributed by atoms with van der Waals surface area (Å²) in [5.41, 5.74) is 18.9. The Hall–Kier alpha value is -12.4. The lowest BCUT2D eigenvalue weighted by Crippen LogP contribution is -2.49. The van der Waals surface area contributed by atoms with Gasteiger partial charge in [-0.15, -0.1) is 0 Å². The van der Waals surface area contributed by atoms with Crippen molar-refractivity contribution in [3.63, 3.8) is 0 Å². The van der Waals surface area contributed by atoms with Gasteiger partial charge in [0.1, 0.15) is 0 Å². The molecular weight excluding hydrogens is 1580 g/mol. The molecule has 12 aromatic rings. The Kier molecular flexibility index (Phi) is 31.8. The fourth-order valence-corrected chi connectivity index (χ4v) is 18.6. The molecule has 0 radical (unpaired) electrons. The van der Waals surface area contributed by atoms with E-state index in [1.54, 1.807) is 0 Å². The van der Waals surface area contributed by atoms with E-state index in [0.717, 1.165) is 133 Å². The van der Waals surface area contributed by atoms with E-state index < -0.39 is 6.04 Å². The fourth-order valence-electron chi connectivity index (χ4n) is 18.6. The molecule has 6 amide bonds. The SMILES string of the molecule is NC(N)=NCCC[C@@H]1N[C@H](CNC(=O)c2ccc3ccccc3c2)CCN(Cc2cccc3ccccc23)C1=O.O=C(NC[C@@H]1CCN(CC(c2ccccc2)c2ccccc2)C(=O)[C@H](CCCN2CCC2)N1)c1ccc2ccccc2c1.O=C(NC[C@@H]1CCN(CC(c2ccccc2)c2ccccc2)C(=O)[C@H](CCCN2CCCC2)N1)c1ccc2ccccc2c1. The second-order valence-corrected chi connectivity index (χ2v) is 34.6. The summed E-state index contributed by atoms with van der Waals surface area (Å²) in [6.45, 7) is 12.3. The van der Waals surface area contributed by atoms with Crippen molar-refractivity contribution in [1.82, 2.24) is 56.4 Å². The molecule has 10 N–H and O–H groups in total. The molecule has 0 aromatic heterocycles. The topological polar surface area (TPSA) is 255 Å². The molecule has 0 aliphatic carbocycles. The highest BCUT2D eigenvalue weighted by Crippen LogP contribution is 2.32. The number of fused-ring (bicyclic) bond motifs is 4. The van der Waals surface area contributed by atoms with E-state index in [1.165, 1.54) is 41.5 Å². The Morgan fingerprint density at radius 3 is 1.06 bits per heavy atom. The number of nitrogens with one attached hydrogen (secondary N) is 6. The number of nitrogens with two attached hydrogens (primary N) is 2. The van der Waals surface area contributed by atoms with Crippen LogP contribution in [0.3, 0.4) is 0 Å². The smallest absolute Gasteiger partial charge is 0.251 e. The van der Waals surface area contributed by atoms with Crippen LogP contribution in [0.4, 0.5) is 0 Å². The standard InChI is InChI=1S/C38H44N4O2.C37H42N4O2.C32H36N6O2/c43-37(33-20-19-29-12-7-8-17-32(29)26-33)39-27-34-21-25-42(38(44)36(40-34)18-11-24-41-22-9-10-23-41)28-35(30-13-3-1-4-14-30)31-15-5-2-6-16-31;42-36(32-19-18-28-11-7-8-16-31(28)25-32)38-26-33-20-24-41(37(43)35(39-33)17-9-21-40-22-10-23-40)27-34(29-12-3-1-4-13-29)30-14-5-2-6-15-30;33-32(34)35-17-6-13-29-31(40)38(21-26-11-5-10-23-8-3-4-12-28(23)26)18-16-27(37-29)20-36-30(39)25-15-14-22-7-1-2-9-24(22)19-25/h1-8,12-17,19-20,26,34-36,40H,9-11,18,21-25,27-28H2,(H,39,43);1-8,11-16,18-19,25,33-35,39H,9-10,17,20-24,26-27H2,(H,38,42);1-5,7-12,14-15,19,27,29,37H,6,13,16-18,20-21H2,(H,36,39)(H4,33,34,35)/t34-,36-;33-,35-;27-,29-/m000/s1. The molecule has 0 unspecified atom stereocenters. The summed E-state index contributed by atoms with van der Waals surface area (Å²) < 4.78 is 0. The zero-order valence-electron chi connectivity index (χ0n) is 72.9. The van der Waals surface area contributed by atoms with Crippen LogP contribution in [0.25, 0.3) is 43.1 Å². The maximum Gasteiger partial charge on any atom is 0.251 e. The highest BCUT2D eigenvalue weighted by atomic mass is 16.2. The number of amides is 6. The number of benzene rings is 12. The van der Waals surface area contributed by atoms with E-state index in [4.69, 9.17) is 11.5 Å². The first-order valence-electron chi connectivity index (χ1n) is 45.9. The zero-order valence-corrected chi connectivity index (χ0v) is 72.9. The number of aliphatic imine (C=N–C) groups is 1. The number of carbonyl (C=O) groups is 6. The lowest BCUT2D eigenvalue weighted by Gasteiger charge is -2.32. The van der Waals surface area contributed by atoms with Crippen molar-refractivity contribution in [2.45, 2.75) is 132 Å². The van der Waals surface area contributed by atoms with Gasteiger partial charge in [0.05, 0.1) is 18.1 Å². The van der Waals surface area contributed by atoms with Gasteiger partial charge in [-0.3, -0.25) is 33.8 Å².